The fraction of sp³-hybridized carbons (Fsp3) is 0. The highest BCUT2D eigenvalue weighted by molar-refractivity contribution is 7.73. The summed E-state index contributed by atoms with van der Waals surface area (Å²) < 4.78 is 0. The topological polar surface area (TPSA) is 0 Å². The maximum atomic E-state index is 3.58. The summed E-state index contributed by atoms with van der Waals surface area (Å²) in [4.78, 5) is 0. The van der Waals surface area contributed by atoms with Crippen LogP contribution in [0.15, 0.2) is 0 Å². The lowest BCUT2D eigenvalue weighted by atomic mass is 26.1. The van der Waals surface area contributed by atoms with Crippen LogP contribution in [-0.2, 0) is 0 Å². The zero-order valence-electron chi connectivity index (χ0n) is 8.00. The summed E-state index contributed by atoms with van der Waals surface area (Å²) in [7, 11) is 25.0. The zero-order chi connectivity index (χ0) is 11.9. The monoisotopic (exact) mass is 448 g/mol. The van der Waals surface area contributed by atoms with Crippen molar-refractivity contribution in [2.45, 2.75) is 0 Å². The van der Waals surface area contributed by atoms with E-state index in [4.69, 9.17) is 0 Å². The Balaban J connectivity index is 2.83. The third-order valence-electron chi connectivity index (χ3n) is 0.812. The number of hydrogen-bond donors (Lipinski definition) is 0. The van der Waals surface area contributed by atoms with E-state index in [-0.39, 0.29) is 0 Å². The van der Waals surface area contributed by atoms with E-state index in [1.54, 1.807) is 0 Å². The third-order valence-corrected chi connectivity index (χ3v) is 65.8. The van der Waals surface area contributed by atoms with Gasteiger partial charge in [0.1, 0.15) is 0 Å². The van der Waals surface area contributed by atoms with Gasteiger partial charge in [0.05, 0.1) is 0 Å². The second-order valence-corrected chi connectivity index (χ2v) is 47.2. The van der Waals surface area contributed by atoms with E-state index in [2.05, 4.69) is 19.5 Å². The van der Waals surface area contributed by atoms with Crippen molar-refractivity contribution < 1.29 is 0 Å². The Kier molecular flexibility index (Phi) is 22.5. The van der Waals surface area contributed by atoms with Gasteiger partial charge in [-0.05, 0) is 0 Å². The van der Waals surface area contributed by atoms with Crippen LogP contribution < -0.4 is 0 Å². The van der Waals surface area contributed by atoms with Gasteiger partial charge in [-0.3, -0.25) is 0 Å². The van der Waals surface area contributed by atoms with E-state index in [1.807, 2.05) is 0 Å². The lowest BCUT2D eigenvalue weighted by Crippen LogP contribution is -2.35. The van der Waals surface area contributed by atoms with Crippen molar-refractivity contribution in [3.8, 4) is 0 Å². The van der Waals surface area contributed by atoms with Crippen molar-refractivity contribution in [1.82, 2.24) is 0 Å². The van der Waals surface area contributed by atoms with E-state index in [1.165, 1.54) is 103 Å². The summed E-state index contributed by atoms with van der Waals surface area (Å²) in [5, 5.41) is 0. The molecule has 0 aromatic rings. The van der Waals surface area contributed by atoms with Crippen LogP contribution in [0.25, 0.3) is 0 Å². The predicted octanol–water partition coefficient (Wildman–Crippen LogP) is -6.09. The summed E-state index contributed by atoms with van der Waals surface area (Å²) >= 11 is 0. The molecule has 16 heteroatoms. The summed E-state index contributed by atoms with van der Waals surface area (Å²) in [6.45, 7) is 0. The Morgan fingerprint density at radius 3 is 0.688 bits per heavy atom. The van der Waals surface area contributed by atoms with Crippen LogP contribution in [0.4, 0.5) is 0 Å². The van der Waals surface area contributed by atoms with E-state index in [0.29, 0.717) is 0 Å². The number of hydrogen-bond acceptors (Lipinski definition) is 0. The van der Waals surface area contributed by atoms with E-state index in [9.17, 15) is 0 Å². The van der Waals surface area contributed by atoms with Gasteiger partial charge >= 0.3 is 0 Å². The van der Waals surface area contributed by atoms with Gasteiger partial charge in [0, 0.05) is 139 Å². The van der Waals surface area contributed by atoms with Crippen LogP contribution in [0.3, 0.4) is 0 Å². The molecule has 0 saturated heterocycles. The molecule has 0 fully saturated rings. The van der Waals surface area contributed by atoms with Crippen LogP contribution in [0.5, 0.6) is 0 Å². The van der Waals surface area contributed by atoms with Gasteiger partial charge in [0.25, 0.3) is 0 Å². The fourth-order valence-electron chi connectivity index (χ4n) is 0.375. The quantitative estimate of drug-likeness (QED) is 0.194. The highest BCUT2D eigenvalue weighted by Crippen LogP contribution is 1.60. The Hall–Kier alpha value is 3.47. The number of rotatable bonds is 13. The smallest absolute Gasteiger partial charge is 0 e. The van der Waals surface area contributed by atoms with Gasteiger partial charge in [0.2, 0.25) is 0 Å². The van der Waals surface area contributed by atoms with Gasteiger partial charge in [-0.2, -0.15) is 0 Å². The molecule has 0 aromatic carbocycles. The van der Waals surface area contributed by atoms with Gasteiger partial charge in [-0.1, -0.05) is 0 Å². The van der Waals surface area contributed by atoms with Crippen molar-refractivity contribution in [2.24, 2.45) is 0 Å². The summed E-state index contributed by atoms with van der Waals surface area (Å²) in [5.74, 6) is 0. The van der Waals surface area contributed by atoms with Crippen LogP contribution >= 0.6 is 0 Å². The van der Waals surface area contributed by atoms with Gasteiger partial charge in [-0.15, -0.1) is 0 Å². The summed E-state index contributed by atoms with van der Waals surface area (Å²) in [6.07, 6.45) is 0. The maximum absolute atomic E-state index is 3.58. The molecular weight excluding hydrogens is 449 g/mol. The van der Waals surface area contributed by atoms with Crippen LogP contribution in [-0.4, -0.2) is 139 Å². The van der Waals surface area contributed by atoms with E-state index < -0.39 is 0 Å². The first-order valence-electron chi connectivity index (χ1n) is 3.75. The predicted molar refractivity (Wildman–Crippen MR) is 92.1 cm³/mol. The molecule has 0 nitrogen and oxygen atoms in total. The van der Waals surface area contributed by atoms with Crippen LogP contribution in [0.2, 0.25) is 0 Å². The average Bonchev–Trinajstić information content (AvgIpc) is 2.31. The minimum absolute atomic E-state index is 1.04. The molecule has 0 aliphatic heterocycles. The molecule has 0 saturated carbocycles. The largest absolute Gasteiger partial charge is 0 e. The lowest BCUT2D eigenvalue weighted by Gasteiger charge is -1.96. The van der Waals surface area contributed by atoms with Gasteiger partial charge in [0.15, 0.2) is 0 Å². The minimum Gasteiger partial charge on any atom is 0 e. The molecule has 64 valence electrons. The molecule has 34 radical (unpaired) electrons. The summed E-state index contributed by atoms with van der Waals surface area (Å²) in [5.41, 5.74) is 0. The van der Waals surface area contributed by atoms with Crippen molar-refractivity contribution in [2.75, 3.05) is 0 Å². The van der Waals surface area contributed by atoms with Crippen molar-refractivity contribution in [1.29, 1.82) is 0 Å². The Morgan fingerprint density at radius 2 is 0.500 bits per heavy atom. The normalized spacial score (nSPS) is 10.9. The molecular formula is Si16. The second kappa shape index (κ2) is 18.5. The molecule has 0 spiro atoms. The first-order valence-corrected chi connectivity index (χ1v) is 33.8. The summed E-state index contributed by atoms with van der Waals surface area (Å²) in [6, 6.07) is 0. The molecule has 0 bridgehead atoms. The van der Waals surface area contributed by atoms with Crippen molar-refractivity contribution in [3.05, 3.63) is 0 Å². The molecule has 0 atom stereocenters. The van der Waals surface area contributed by atoms with E-state index in [0.717, 1.165) is 17.1 Å². The molecule has 0 aliphatic rings. The Morgan fingerprint density at radius 1 is 0.312 bits per heavy atom. The first kappa shape index (κ1) is 19.5. The molecule has 0 rings (SSSR count). The van der Waals surface area contributed by atoms with Crippen LogP contribution in [0, 0.1) is 0 Å². The molecule has 0 heterocycles. The Labute approximate surface area is 138 Å². The SMILES string of the molecule is [Si][Si][Si][Si][Si][Si][Si][Si][Si][Si][Si][Si][Si][Si][Si][Si]. The van der Waals surface area contributed by atoms with Gasteiger partial charge in [-0.25, -0.2) is 0 Å². The molecule has 0 unspecified atom stereocenters. The molecule has 0 aliphatic carbocycles. The standard InChI is InChI=1S/Si16/c1-3-5-7-9-11-13-15-16-14-12-10-8-6-4-2. The second-order valence-electron chi connectivity index (χ2n) is 1.75. The maximum Gasteiger partial charge on any atom is 0 e. The highest BCUT2D eigenvalue weighted by Gasteiger charge is 1.98. The first-order chi connectivity index (χ1) is 7.91. The van der Waals surface area contributed by atoms with Crippen molar-refractivity contribution >= 4 is 139 Å². The van der Waals surface area contributed by atoms with Crippen molar-refractivity contribution in [3.63, 3.8) is 0 Å². The van der Waals surface area contributed by atoms with Crippen LogP contribution in [0.1, 0.15) is 0 Å². The van der Waals surface area contributed by atoms with Gasteiger partial charge < -0.3 is 0 Å². The molecule has 0 N–H and O–H groups in total. The lowest BCUT2D eigenvalue weighted by molar-refractivity contribution is 3.79. The molecule has 16 heavy (non-hydrogen) atoms. The zero-order valence-corrected chi connectivity index (χ0v) is 24.0. The molecule has 0 aromatic heterocycles. The fourth-order valence-corrected chi connectivity index (χ4v) is 91.1. The Bertz CT molecular complexity index is 92.6. The third kappa shape index (κ3) is 17.5. The highest BCUT2D eigenvalue weighted by atomic mass is 30.1. The molecule has 0 amide bonds. The minimum atomic E-state index is 1.04. The average molecular weight is 449 g/mol. The van der Waals surface area contributed by atoms with E-state index >= 15 is 0 Å².